The van der Waals surface area contributed by atoms with Crippen LogP contribution in [0.5, 0.6) is 0 Å². The van der Waals surface area contributed by atoms with E-state index in [9.17, 15) is 5.11 Å². The monoisotopic (exact) mass is 128 g/mol. The summed E-state index contributed by atoms with van der Waals surface area (Å²) in [4.78, 5) is 0. The molecule has 1 heterocycles. The Hall–Kier alpha value is -0.0800. The summed E-state index contributed by atoms with van der Waals surface area (Å²) >= 11 is 0. The van der Waals surface area contributed by atoms with Crippen molar-refractivity contribution < 1.29 is 9.84 Å². The molecule has 0 bridgehead atoms. The van der Waals surface area contributed by atoms with Gasteiger partial charge in [-0.1, -0.05) is 6.92 Å². The maximum atomic E-state index is 9.31. The number of hydrogen-bond acceptors (Lipinski definition) is 2. The van der Waals surface area contributed by atoms with E-state index in [0.29, 0.717) is 18.1 Å². The molecule has 2 aliphatic rings. The van der Waals surface area contributed by atoms with Gasteiger partial charge in [0.25, 0.3) is 0 Å². The Labute approximate surface area is 54.8 Å². The highest BCUT2D eigenvalue weighted by Gasteiger charge is 2.53. The summed E-state index contributed by atoms with van der Waals surface area (Å²) in [6.45, 7) is 2.11. The number of fused-ring (bicyclic) bond motifs is 1. The molecule has 1 unspecified atom stereocenters. The van der Waals surface area contributed by atoms with Gasteiger partial charge >= 0.3 is 0 Å². The van der Waals surface area contributed by atoms with Crippen LogP contribution in [-0.2, 0) is 4.74 Å². The SMILES string of the molecule is CC[C@H]1C2O[C@@H]2C[C@@H]1O. The van der Waals surface area contributed by atoms with E-state index >= 15 is 0 Å². The van der Waals surface area contributed by atoms with E-state index in [4.69, 9.17) is 4.74 Å². The smallest absolute Gasteiger partial charge is 0.0895 e. The molecule has 2 rings (SSSR count). The summed E-state index contributed by atoms with van der Waals surface area (Å²) in [5.74, 6) is 0.440. The highest BCUT2D eigenvalue weighted by molar-refractivity contribution is 5.01. The average Bonchev–Trinajstić information content (AvgIpc) is 2.45. The highest BCUT2D eigenvalue weighted by atomic mass is 16.6. The van der Waals surface area contributed by atoms with Gasteiger partial charge in [0.2, 0.25) is 0 Å². The van der Waals surface area contributed by atoms with Crippen molar-refractivity contribution >= 4 is 0 Å². The van der Waals surface area contributed by atoms with Crippen molar-refractivity contribution in [3.05, 3.63) is 0 Å². The number of ether oxygens (including phenoxy) is 1. The minimum Gasteiger partial charge on any atom is -0.393 e. The predicted molar refractivity (Wildman–Crippen MR) is 33.1 cm³/mol. The van der Waals surface area contributed by atoms with Crippen molar-refractivity contribution in [1.82, 2.24) is 0 Å². The topological polar surface area (TPSA) is 32.8 Å². The summed E-state index contributed by atoms with van der Waals surface area (Å²) < 4.78 is 5.27. The third-order valence-electron chi connectivity index (χ3n) is 2.48. The molecule has 0 aromatic carbocycles. The first-order chi connectivity index (χ1) is 4.33. The summed E-state index contributed by atoms with van der Waals surface area (Å²) in [6.07, 6.45) is 2.71. The van der Waals surface area contributed by atoms with Gasteiger partial charge in [0.15, 0.2) is 0 Å². The average molecular weight is 128 g/mol. The zero-order chi connectivity index (χ0) is 6.43. The number of epoxide rings is 1. The zero-order valence-electron chi connectivity index (χ0n) is 5.58. The third-order valence-corrected chi connectivity index (χ3v) is 2.48. The van der Waals surface area contributed by atoms with E-state index in [2.05, 4.69) is 6.92 Å². The first-order valence-corrected chi connectivity index (χ1v) is 3.66. The molecule has 0 aromatic heterocycles. The van der Waals surface area contributed by atoms with Gasteiger partial charge < -0.3 is 9.84 Å². The van der Waals surface area contributed by atoms with E-state index in [1.54, 1.807) is 0 Å². The molecule has 9 heavy (non-hydrogen) atoms. The van der Waals surface area contributed by atoms with Crippen LogP contribution in [0.25, 0.3) is 0 Å². The minimum absolute atomic E-state index is 0.0706. The van der Waals surface area contributed by atoms with Gasteiger partial charge in [-0.15, -0.1) is 0 Å². The highest BCUT2D eigenvalue weighted by Crippen LogP contribution is 2.44. The first kappa shape index (κ1) is 5.69. The van der Waals surface area contributed by atoms with Crippen LogP contribution in [0.4, 0.5) is 0 Å². The molecule has 2 fully saturated rings. The lowest BCUT2D eigenvalue weighted by Crippen LogP contribution is -2.18. The Morgan fingerprint density at radius 3 is 2.78 bits per heavy atom. The van der Waals surface area contributed by atoms with Crippen molar-refractivity contribution in [2.24, 2.45) is 5.92 Å². The second-order valence-corrected chi connectivity index (χ2v) is 3.01. The van der Waals surface area contributed by atoms with Crippen LogP contribution in [0.2, 0.25) is 0 Å². The van der Waals surface area contributed by atoms with Gasteiger partial charge in [-0.05, 0) is 6.42 Å². The fraction of sp³-hybridized carbons (Fsp3) is 1.00. The maximum absolute atomic E-state index is 9.31. The lowest BCUT2D eigenvalue weighted by molar-refractivity contribution is 0.0728. The third kappa shape index (κ3) is 0.700. The van der Waals surface area contributed by atoms with Gasteiger partial charge in [-0.2, -0.15) is 0 Å². The Morgan fingerprint density at radius 1 is 1.67 bits per heavy atom. The minimum atomic E-state index is -0.0706. The summed E-state index contributed by atoms with van der Waals surface area (Å²) in [5.41, 5.74) is 0. The Bertz CT molecular complexity index is 122. The molecule has 1 aliphatic heterocycles. The van der Waals surface area contributed by atoms with Crippen molar-refractivity contribution in [2.45, 2.75) is 38.1 Å². The van der Waals surface area contributed by atoms with Gasteiger partial charge in [-0.25, -0.2) is 0 Å². The number of aliphatic hydroxyl groups is 1. The molecule has 0 aromatic rings. The van der Waals surface area contributed by atoms with Crippen LogP contribution in [0.3, 0.4) is 0 Å². The van der Waals surface area contributed by atoms with Crippen LogP contribution in [0, 0.1) is 5.92 Å². The van der Waals surface area contributed by atoms with Crippen LogP contribution in [-0.4, -0.2) is 23.4 Å². The molecule has 0 radical (unpaired) electrons. The number of aliphatic hydroxyl groups excluding tert-OH is 1. The van der Waals surface area contributed by atoms with Crippen LogP contribution >= 0.6 is 0 Å². The quantitative estimate of drug-likeness (QED) is 0.523. The second kappa shape index (κ2) is 1.70. The summed E-state index contributed by atoms with van der Waals surface area (Å²) in [5, 5.41) is 9.31. The van der Waals surface area contributed by atoms with E-state index in [-0.39, 0.29) is 6.10 Å². The second-order valence-electron chi connectivity index (χ2n) is 3.01. The lowest BCUT2D eigenvalue weighted by Gasteiger charge is -2.12. The van der Waals surface area contributed by atoms with Gasteiger partial charge in [0.1, 0.15) is 0 Å². The van der Waals surface area contributed by atoms with E-state index in [1.807, 2.05) is 0 Å². The van der Waals surface area contributed by atoms with Crippen LogP contribution in [0.15, 0.2) is 0 Å². The maximum Gasteiger partial charge on any atom is 0.0895 e. The molecule has 1 saturated carbocycles. The predicted octanol–water partition coefficient (Wildman–Crippen LogP) is 0.545. The van der Waals surface area contributed by atoms with E-state index in [0.717, 1.165) is 12.8 Å². The van der Waals surface area contributed by atoms with Gasteiger partial charge in [0, 0.05) is 12.3 Å². The molecule has 0 spiro atoms. The molecule has 2 nitrogen and oxygen atoms in total. The van der Waals surface area contributed by atoms with E-state index in [1.165, 1.54) is 0 Å². The Balaban J connectivity index is 2.02. The zero-order valence-corrected chi connectivity index (χ0v) is 5.58. The van der Waals surface area contributed by atoms with Gasteiger partial charge in [0.05, 0.1) is 18.3 Å². The molecular weight excluding hydrogens is 116 g/mol. The largest absolute Gasteiger partial charge is 0.393 e. The normalized spacial score (nSPS) is 55.3. The number of rotatable bonds is 1. The van der Waals surface area contributed by atoms with E-state index < -0.39 is 0 Å². The van der Waals surface area contributed by atoms with Crippen LogP contribution < -0.4 is 0 Å². The van der Waals surface area contributed by atoms with Gasteiger partial charge in [-0.3, -0.25) is 0 Å². The molecule has 1 saturated heterocycles. The lowest BCUT2D eigenvalue weighted by atomic mass is 10.0. The molecule has 4 atom stereocenters. The van der Waals surface area contributed by atoms with Crippen molar-refractivity contribution in [3.63, 3.8) is 0 Å². The van der Waals surface area contributed by atoms with Crippen molar-refractivity contribution in [1.29, 1.82) is 0 Å². The van der Waals surface area contributed by atoms with Crippen molar-refractivity contribution in [2.75, 3.05) is 0 Å². The van der Waals surface area contributed by atoms with Crippen LogP contribution in [0.1, 0.15) is 19.8 Å². The Morgan fingerprint density at radius 2 is 2.44 bits per heavy atom. The molecule has 2 heteroatoms. The molecule has 0 amide bonds. The molecule has 1 aliphatic carbocycles. The fourth-order valence-corrected chi connectivity index (χ4v) is 1.86. The standard InChI is InChI=1S/C7H12O2/c1-2-4-5(8)3-6-7(4)9-6/h4-8H,2-3H2,1H3/t4-,5+,6-,7?/m1/s1. The molecular formula is C7H12O2. The molecule has 1 N–H and O–H groups in total. The van der Waals surface area contributed by atoms with Crippen molar-refractivity contribution in [3.8, 4) is 0 Å². The summed E-state index contributed by atoms with van der Waals surface area (Å²) in [7, 11) is 0. The number of hydrogen-bond donors (Lipinski definition) is 1. The first-order valence-electron chi connectivity index (χ1n) is 3.66. The Kier molecular flexibility index (Phi) is 1.08. The fourth-order valence-electron chi connectivity index (χ4n) is 1.86. The molecule has 52 valence electrons. The summed E-state index contributed by atoms with van der Waals surface area (Å²) in [6, 6.07) is 0.